The Morgan fingerprint density at radius 3 is 2.89 bits per heavy atom. The molecular formula is C15H24O3. The van der Waals surface area contributed by atoms with E-state index in [0.29, 0.717) is 12.7 Å². The third kappa shape index (κ3) is 2.13. The summed E-state index contributed by atoms with van der Waals surface area (Å²) in [6, 6.07) is 0. The molecular weight excluding hydrogens is 228 g/mol. The molecule has 1 N–H and O–H groups in total. The van der Waals surface area contributed by atoms with Crippen LogP contribution in [0.1, 0.15) is 46.5 Å². The molecule has 102 valence electrons. The lowest BCUT2D eigenvalue weighted by atomic mass is 9.81. The highest BCUT2D eigenvalue weighted by Crippen LogP contribution is 2.47. The maximum absolute atomic E-state index is 10.3. The fourth-order valence-electron chi connectivity index (χ4n) is 3.32. The van der Waals surface area contributed by atoms with Gasteiger partial charge in [0.1, 0.15) is 0 Å². The highest BCUT2D eigenvalue weighted by molar-refractivity contribution is 5.13. The van der Waals surface area contributed by atoms with E-state index < -0.39 is 5.60 Å². The van der Waals surface area contributed by atoms with Crippen LogP contribution in [0.15, 0.2) is 11.6 Å². The van der Waals surface area contributed by atoms with Crippen molar-refractivity contribution in [2.45, 2.75) is 70.4 Å². The smallest absolute Gasteiger partial charge is 0.0942 e. The van der Waals surface area contributed by atoms with Crippen molar-refractivity contribution in [3.05, 3.63) is 11.6 Å². The minimum Gasteiger partial charge on any atom is -0.390 e. The van der Waals surface area contributed by atoms with Gasteiger partial charge in [-0.3, -0.25) is 0 Å². The van der Waals surface area contributed by atoms with Crippen molar-refractivity contribution >= 4 is 0 Å². The molecule has 3 nitrogen and oxygen atoms in total. The van der Waals surface area contributed by atoms with Crippen LogP contribution in [0.3, 0.4) is 0 Å². The van der Waals surface area contributed by atoms with Gasteiger partial charge in [-0.25, -0.2) is 0 Å². The second-order valence-electron chi connectivity index (χ2n) is 7.01. The lowest BCUT2D eigenvalue weighted by Crippen LogP contribution is -2.43. The molecule has 3 heterocycles. The van der Waals surface area contributed by atoms with Gasteiger partial charge in [-0.1, -0.05) is 19.9 Å². The number of allylic oxidation sites excluding steroid dienone is 1. The summed E-state index contributed by atoms with van der Waals surface area (Å²) in [7, 11) is 0. The van der Waals surface area contributed by atoms with E-state index in [0.717, 1.165) is 25.7 Å². The molecule has 2 fully saturated rings. The Morgan fingerprint density at radius 1 is 1.33 bits per heavy atom. The molecule has 0 aromatic carbocycles. The van der Waals surface area contributed by atoms with Crippen molar-refractivity contribution < 1.29 is 14.6 Å². The standard InChI is InChI=1S/C15H24O3/c1-14(2)7-6-10-4-5-12(16)15(3,17-9-10)8-11-13(14)18-11/h6,11-13,16H,4-5,7-9H2,1-3H3/b10-6-/t11-,12-,13+,15+/m1/s1. The molecule has 0 radical (unpaired) electrons. The Morgan fingerprint density at radius 2 is 2.11 bits per heavy atom. The first-order valence-electron chi connectivity index (χ1n) is 7.06. The van der Waals surface area contributed by atoms with Gasteiger partial charge in [0, 0.05) is 6.42 Å². The van der Waals surface area contributed by atoms with Crippen molar-refractivity contribution in [1.82, 2.24) is 0 Å². The zero-order valence-electron chi connectivity index (χ0n) is 11.6. The number of hydrogen-bond acceptors (Lipinski definition) is 3. The first kappa shape index (κ1) is 12.6. The monoisotopic (exact) mass is 252 g/mol. The zero-order chi connectivity index (χ0) is 13.0. The Bertz CT molecular complexity index is 374. The highest BCUT2D eigenvalue weighted by Gasteiger charge is 2.53. The summed E-state index contributed by atoms with van der Waals surface area (Å²) >= 11 is 0. The molecule has 0 saturated carbocycles. The van der Waals surface area contributed by atoms with E-state index in [4.69, 9.17) is 9.47 Å². The Kier molecular flexibility index (Phi) is 2.85. The maximum Gasteiger partial charge on any atom is 0.0942 e. The molecule has 0 aliphatic carbocycles. The fourth-order valence-corrected chi connectivity index (χ4v) is 3.32. The van der Waals surface area contributed by atoms with Gasteiger partial charge in [0.05, 0.1) is 30.5 Å². The maximum atomic E-state index is 10.3. The molecule has 0 aromatic heterocycles. The van der Waals surface area contributed by atoms with Gasteiger partial charge in [0.2, 0.25) is 0 Å². The Labute approximate surface area is 109 Å². The minimum absolute atomic E-state index is 0.198. The van der Waals surface area contributed by atoms with Crippen molar-refractivity contribution in [2.24, 2.45) is 5.41 Å². The van der Waals surface area contributed by atoms with E-state index >= 15 is 0 Å². The average molecular weight is 252 g/mol. The molecule has 2 saturated heterocycles. The largest absolute Gasteiger partial charge is 0.390 e. The summed E-state index contributed by atoms with van der Waals surface area (Å²) in [5.41, 5.74) is 1.09. The van der Waals surface area contributed by atoms with Gasteiger partial charge >= 0.3 is 0 Å². The van der Waals surface area contributed by atoms with Gasteiger partial charge in [-0.15, -0.1) is 0 Å². The van der Waals surface area contributed by atoms with Crippen LogP contribution < -0.4 is 0 Å². The average Bonchev–Trinajstić information content (AvgIpc) is 3.07. The first-order chi connectivity index (χ1) is 8.41. The van der Waals surface area contributed by atoms with E-state index in [1.165, 1.54) is 5.57 Å². The van der Waals surface area contributed by atoms with Gasteiger partial charge in [-0.2, -0.15) is 0 Å². The predicted molar refractivity (Wildman–Crippen MR) is 69.4 cm³/mol. The fraction of sp³-hybridized carbons (Fsp3) is 0.867. The lowest BCUT2D eigenvalue weighted by molar-refractivity contribution is -0.106. The van der Waals surface area contributed by atoms with E-state index in [1.54, 1.807) is 0 Å². The molecule has 2 bridgehead atoms. The van der Waals surface area contributed by atoms with E-state index in [-0.39, 0.29) is 17.6 Å². The number of aliphatic hydroxyl groups is 1. The molecule has 18 heavy (non-hydrogen) atoms. The third-order valence-corrected chi connectivity index (χ3v) is 4.91. The van der Waals surface area contributed by atoms with E-state index in [9.17, 15) is 5.11 Å². The van der Waals surface area contributed by atoms with Crippen LogP contribution in [0, 0.1) is 5.41 Å². The van der Waals surface area contributed by atoms with Crippen LogP contribution in [0.4, 0.5) is 0 Å². The molecule has 0 unspecified atom stereocenters. The molecule has 0 spiro atoms. The summed E-state index contributed by atoms with van der Waals surface area (Å²) in [5, 5.41) is 10.3. The predicted octanol–water partition coefficient (Wildman–Crippen LogP) is 2.43. The van der Waals surface area contributed by atoms with Crippen LogP contribution in [0.2, 0.25) is 0 Å². The summed E-state index contributed by atoms with van der Waals surface area (Å²) in [4.78, 5) is 0. The second-order valence-corrected chi connectivity index (χ2v) is 7.01. The van der Waals surface area contributed by atoms with Crippen LogP contribution in [-0.4, -0.2) is 35.6 Å². The quantitative estimate of drug-likeness (QED) is 0.532. The van der Waals surface area contributed by atoms with Crippen LogP contribution >= 0.6 is 0 Å². The molecule has 3 aliphatic heterocycles. The number of aliphatic hydroxyl groups excluding tert-OH is 1. The SMILES string of the molecule is CC1(C)C/C=C2/CC[C@@H](O)[C@](C)(C[C@H]3O[C@@H]31)OC2. The number of rotatable bonds is 0. The number of hydrogen-bond donors (Lipinski definition) is 1. The zero-order valence-corrected chi connectivity index (χ0v) is 11.6. The minimum atomic E-state index is -0.442. The van der Waals surface area contributed by atoms with Crippen molar-refractivity contribution in [3.63, 3.8) is 0 Å². The molecule has 3 rings (SSSR count). The molecule has 4 atom stereocenters. The van der Waals surface area contributed by atoms with E-state index in [1.807, 2.05) is 6.92 Å². The Balaban J connectivity index is 1.91. The summed E-state index contributed by atoms with van der Waals surface area (Å²) in [5.74, 6) is 0. The summed E-state index contributed by atoms with van der Waals surface area (Å²) in [6.07, 6.45) is 6.13. The van der Waals surface area contributed by atoms with Crippen molar-refractivity contribution in [2.75, 3.05) is 6.61 Å². The van der Waals surface area contributed by atoms with Gasteiger partial charge in [0.15, 0.2) is 0 Å². The van der Waals surface area contributed by atoms with Crippen molar-refractivity contribution in [1.29, 1.82) is 0 Å². The number of ether oxygens (including phenoxy) is 2. The lowest BCUT2D eigenvalue weighted by Gasteiger charge is -2.33. The van der Waals surface area contributed by atoms with E-state index in [2.05, 4.69) is 19.9 Å². The number of fused-ring (bicyclic) bond motifs is 4. The normalized spacial score (nSPS) is 49.8. The molecule has 0 amide bonds. The Hall–Kier alpha value is -0.380. The second kappa shape index (κ2) is 4.06. The van der Waals surface area contributed by atoms with Gasteiger partial charge < -0.3 is 14.6 Å². The summed E-state index contributed by atoms with van der Waals surface area (Å²) < 4.78 is 11.9. The van der Waals surface area contributed by atoms with Gasteiger partial charge in [-0.05, 0) is 37.2 Å². The van der Waals surface area contributed by atoms with Gasteiger partial charge in [0.25, 0.3) is 0 Å². The number of epoxide rings is 1. The first-order valence-corrected chi connectivity index (χ1v) is 7.06. The van der Waals surface area contributed by atoms with Crippen LogP contribution in [0.5, 0.6) is 0 Å². The summed E-state index contributed by atoms with van der Waals surface area (Å²) in [6.45, 7) is 7.26. The molecule has 0 aromatic rings. The molecule has 3 aliphatic rings. The third-order valence-electron chi connectivity index (χ3n) is 4.91. The van der Waals surface area contributed by atoms with Crippen LogP contribution in [0.25, 0.3) is 0 Å². The highest BCUT2D eigenvalue weighted by atomic mass is 16.6. The molecule has 3 heteroatoms. The van der Waals surface area contributed by atoms with Crippen molar-refractivity contribution in [3.8, 4) is 0 Å². The topological polar surface area (TPSA) is 42.0 Å². The van der Waals surface area contributed by atoms with Crippen LogP contribution in [-0.2, 0) is 9.47 Å².